The van der Waals surface area contributed by atoms with E-state index in [1.807, 2.05) is 48.5 Å². The largest absolute Gasteiger partial charge is 0.488 e. The molecule has 0 saturated heterocycles. The van der Waals surface area contributed by atoms with Gasteiger partial charge >= 0.3 is 31.6 Å². The fourth-order valence-corrected chi connectivity index (χ4v) is 9.94. The number of nitrogens with zero attached hydrogens (tertiary/aromatic N) is 16. The summed E-state index contributed by atoms with van der Waals surface area (Å²) in [4.78, 5) is 19.1. The summed E-state index contributed by atoms with van der Waals surface area (Å²) in [6.45, 7) is 6.71. The minimum Gasteiger partial charge on any atom is -0.465 e. The van der Waals surface area contributed by atoms with E-state index in [4.69, 9.17) is 38.6 Å². The first-order valence-corrected chi connectivity index (χ1v) is 31.7. The van der Waals surface area contributed by atoms with Crippen LogP contribution in [0.3, 0.4) is 0 Å². The third kappa shape index (κ3) is 23.1. The number of nitrogens with one attached hydrogen (secondary N) is 1. The molecule has 101 heavy (non-hydrogen) atoms. The number of carbonyl (C=O) groups excluding carboxylic acids is 1. The van der Waals surface area contributed by atoms with Crippen molar-refractivity contribution in [3.05, 3.63) is 238 Å². The van der Waals surface area contributed by atoms with Crippen LogP contribution < -0.4 is 22.7 Å². The Morgan fingerprint density at radius 1 is 0.505 bits per heavy atom. The number of methoxy groups -OCH3 is 1. The van der Waals surface area contributed by atoms with Crippen molar-refractivity contribution in [3.8, 4) is 45.6 Å². The van der Waals surface area contributed by atoms with Crippen molar-refractivity contribution in [1.82, 2.24) is 81.2 Å². The highest BCUT2D eigenvalue weighted by atomic mass is 79.9. The van der Waals surface area contributed by atoms with Crippen LogP contribution in [0, 0.1) is 6.57 Å². The molecule has 4 heterocycles. The highest BCUT2D eigenvalue weighted by molar-refractivity contribution is 9.11. The Labute approximate surface area is 601 Å². The molecule has 0 saturated carbocycles. The second kappa shape index (κ2) is 35.1. The van der Waals surface area contributed by atoms with Gasteiger partial charge in [-0.2, -0.15) is 59.1 Å². The predicted octanol–water partition coefficient (Wildman–Crippen LogP) is 12.9. The fourth-order valence-electron chi connectivity index (χ4n) is 8.51. The number of tetrazole rings is 4. The quantitative estimate of drug-likeness (QED) is 0.0243. The third-order valence-electron chi connectivity index (χ3n) is 13.5. The lowest BCUT2D eigenvalue weighted by atomic mass is 9.80. The van der Waals surface area contributed by atoms with E-state index in [1.54, 1.807) is 63.6 Å². The number of esters is 1. The monoisotopic (exact) mass is 1650 g/mol. The number of ether oxygens (including phenoxy) is 1. The molecular weight excluding hydrogens is 1600 g/mol. The summed E-state index contributed by atoms with van der Waals surface area (Å²) >= 11 is 13.3. The number of nitrogen functional groups attached to an aromatic ring is 3. The molecule has 8 aromatic carbocycles. The lowest BCUT2D eigenvalue weighted by Gasteiger charge is -2.11. The molecule has 0 radical (unpaired) electrons. The minimum atomic E-state index is -4.39. The lowest BCUT2D eigenvalue weighted by molar-refractivity contribution is -0.138. The Bertz CT molecular complexity index is 4770. The van der Waals surface area contributed by atoms with Gasteiger partial charge in [0.05, 0.1) is 57.1 Å². The highest BCUT2D eigenvalue weighted by Gasteiger charge is 2.32. The van der Waals surface area contributed by atoms with Crippen LogP contribution >= 0.6 is 63.7 Å². The molecular formula is C63H52BBr4F9N20O4. The standard InChI is InChI=1S/C18H15F3N4O2.C16H12BrF3N4.C8H8BrN5.C7H6BF3O2.C7H6BrN5.C7H5BrN2/c1-25-23-16(22-24-25)15-10-13(17(26)27-2)6-5-12(15)9-11-3-7-14(8-4-11)18(19,20)21;1-24-22-15(21-23-24)14-9-13(17)7-4-11(14)8-10-2-5-12(6-3-10)16(18,19)20;1-14-12-8(11-13-14)6-4-5(9)2-3-7(6)10;9-7(10,11)5-1-3-6(4-2-5)8(12)13;8-4-1-2-6(9)5(3-4)7-10-12-13-11-7;1-10-7-4-5(8)2-3-6(7)9/h3-8,10H,9H2,1-2H3;2-7,9H,8H2,1H3;2-4H,10H2,1H3;1-4,12-13H;1-3H,9H2,(H,10,11,12,13);2-4H,9H2. The number of carbonyl (C=O) groups is 1. The Hall–Kier alpha value is -10.3. The van der Waals surface area contributed by atoms with Crippen LogP contribution in [0.15, 0.2) is 182 Å². The van der Waals surface area contributed by atoms with Gasteiger partial charge < -0.3 is 32.0 Å². The van der Waals surface area contributed by atoms with Gasteiger partial charge in [0.1, 0.15) is 0 Å². The maximum atomic E-state index is 12.7. The van der Waals surface area contributed by atoms with E-state index in [9.17, 15) is 44.3 Å². The molecule has 12 rings (SSSR count). The Balaban J connectivity index is 0.000000176. The maximum absolute atomic E-state index is 12.7. The molecule has 38 heteroatoms. The normalized spacial score (nSPS) is 11.0. The summed E-state index contributed by atoms with van der Waals surface area (Å²) in [6, 6.07) is 40.5. The average Bonchev–Trinajstić information content (AvgIpc) is 1.77. The number of alkyl halides is 9. The third-order valence-corrected chi connectivity index (χ3v) is 15.4. The number of aromatic nitrogens is 16. The summed E-state index contributed by atoms with van der Waals surface area (Å²) in [6.07, 6.45) is -12.3. The summed E-state index contributed by atoms with van der Waals surface area (Å²) in [5, 5.41) is 66.3. The van der Waals surface area contributed by atoms with Crippen molar-refractivity contribution >= 4 is 105 Å². The maximum Gasteiger partial charge on any atom is 0.488 e. The number of aryl methyl sites for hydroxylation is 3. The van der Waals surface area contributed by atoms with Crippen LogP contribution in [0.25, 0.3) is 50.4 Å². The first-order chi connectivity index (χ1) is 47.7. The van der Waals surface area contributed by atoms with E-state index in [1.165, 1.54) is 45.8 Å². The molecule has 4 aromatic heterocycles. The lowest BCUT2D eigenvalue weighted by Crippen LogP contribution is -2.29. The van der Waals surface area contributed by atoms with Gasteiger partial charge in [0.2, 0.25) is 29.0 Å². The van der Waals surface area contributed by atoms with E-state index < -0.39 is 48.3 Å². The number of anilines is 3. The van der Waals surface area contributed by atoms with E-state index in [0.717, 1.165) is 99.8 Å². The number of hydrogen-bond acceptors (Lipinski definition) is 19. The molecule has 0 unspecified atom stereocenters. The van der Waals surface area contributed by atoms with Gasteiger partial charge in [-0.3, -0.25) is 0 Å². The van der Waals surface area contributed by atoms with Gasteiger partial charge in [-0.25, -0.2) is 9.64 Å². The molecule has 9 N–H and O–H groups in total. The molecule has 12 aromatic rings. The molecule has 0 aliphatic rings. The first kappa shape index (κ1) is 78.0. The summed E-state index contributed by atoms with van der Waals surface area (Å²) < 4.78 is 120. The summed E-state index contributed by atoms with van der Waals surface area (Å²) in [7, 11) is 4.53. The number of aromatic amines is 1. The predicted molar refractivity (Wildman–Crippen MR) is 370 cm³/mol. The van der Waals surface area contributed by atoms with E-state index in [0.29, 0.717) is 75.6 Å². The fraction of sp³-hybridized carbons (Fsp3) is 0.143. The zero-order chi connectivity index (χ0) is 73.9. The number of nitrogens with two attached hydrogens (primary N) is 3. The molecule has 522 valence electrons. The Kier molecular flexibility index (Phi) is 27.1. The molecule has 24 nitrogen and oxygen atoms in total. The zero-order valence-corrected chi connectivity index (χ0v) is 58.9. The van der Waals surface area contributed by atoms with Gasteiger partial charge in [-0.05, 0) is 165 Å². The topological polar surface area (TPSA) is 334 Å². The summed E-state index contributed by atoms with van der Waals surface area (Å²) in [5.74, 6) is 1.30. The van der Waals surface area contributed by atoms with Crippen LogP contribution in [0.4, 0.5) is 62.3 Å². The van der Waals surface area contributed by atoms with E-state index in [-0.39, 0.29) is 5.46 Å². The van der Waals surface area contributed by atoms with Crippen molar-refractivity contribution in [2.75, 3.05) is 24.3 Å². The highest BCUT2D eigenvalue weighted by Crippen LogP contribution is 2.34. The second-order valence-electron chi connectivity index (χ2n) is 20.7. The first-order valence-electron chi connectivity index (χ1n) is 28.5. The molecule has 0 spiro atoms. The van der Waals surface area contributed by atoms with E-state index in [2.05, 4.69) is 135 Å². The van der Waals surface area contributed by atoms with Crippen molar-refractivity contribution < 1.29 is 59.1 Å². The second-order valence-corrected chi connectivity index (χ2v) is 24.4. The van der Waals surface area contributed by atoms with Crippen molar-refractivity contribution in [1.29, 1.82) is 0 Å². The van der Waals surface area contributed by atoms with Crippen molar-refractivity contribution in [3.63, 3.8) is 0 Å². The average molecular weight is 1650 g/mol. The van der Waals surface area contributed by atoms with Crippen LogP contribution in [-0.4, -0.2) is 111 Å². The molecule has 0 amide bonds. The van der Waals surface area contributed by atoms with Crippen molar-refractivity contribution in [2.45, 2.75) is 31.4 Å². The molecule has 0 fully saturated rings. The molecule has 0 atom stereocenters. The van der Waals surface area contributed by atoms with Crippen LogP contribution in [-0.2, 0) is 57.3 Å². The van der Waals surface area contributed by atoms with Crippen molar-refractivity contribution in [2.24, 2.45) is 21.1 Å². The summed E-state index contributed by atoms with van der Waals surface area (Å²) in [5.41, 5.74) is 23.5. The number of hydrogen-bond donors (Lipinski definition) is 6. The Morgan fingerprint density at radius 3 is 1.24 bits per heavy atom. The molecule has 0 bridgehead atoms. The minimum absolute atomic E-state index is 0.0352. The van der Waals surface area contributed by atoms with Crippen LogP contribution in [0.2, 0.25) is 0 Å². The molecule has 0 aliphatic heterocycles. The Morgan fingerprint density at radius 2 is 0.871 bits per heavy atom. The van der Waals surface area contributed by atoms with Gasteiger partial charge in [0.15, 0.2) is 0 Å². The number of H-pyrrole nitrogens is 1. The van der Waals surface area contributed by atoms with Gasteiger partial charge in [-0.1, -0.05) is 124 Å². The van der Waals surface area contributed by atoms with Gasteiger partial charge in [0, 0.05) is 57.2 Å². The van der Waals surface area contributed by atoms with E-state index >= 15 is 0 Å². The number of halogens is 13. The number of rotatable bonds is 10. The zero-order valence-electron chi connectivity index (χ0n) is 52.6. The number of benzene rings is 8. The SMILES string of the molecule is COC(=O)c1ccc(Cc2ccc(C(F)(F)F)cc2)c(-c2nnn(C)n2)c1.Cn1nnc(-c2cc(Br)ccc2Cc2ccc(C(F)(F)F)cc2)n1.Cn1nnc(-c2cc(Br)ccc2N)n1.Nc1ccc(Br)cc1-c1nn[nH]n1.OB(O)c1ccc(C(F)(F)F)cc1.[C-]#[N+]c1cc(Br)ccc1N. The smallest absolute Gasteiger partial charge is 0.465 e. The van der Waals surface area contributed by atoms with Gasteiger partial charge in [-0.15, -0.1) is 40.8 Å². The van der Waals surface area contributed by atoms with Crippen LogP contribution in [0.5, 0.6) is 0 Å². The van der Waals surface area contributed by atoms with Gasteiger partial charge in [0.25, 0.3) is 0 Å². The molecule has 0 aliphatic carbocycles. The van der Waals surface area contributed by atoms with Crippen LogP contribution in [0.1, 0.15) is 49.3 Å².